The Morgan fingerprint density at radius 1 is 0.800 bits per heavy atom. The molecule has 4 nitrogen and oxygen atoms in total. The fraction of sp³-hybridized carbons (Fsp3) is 0.219. The molecule has 4 aromatic rings. The van der Waals surface area contributed by atoms with Crippen molar-refractivity contribution in [3.63, 3.8) is 0 Å². The molecule has 0 aromatic heterocycles. The van der Waals surface area contributed by atoms with Crippen LogP contribution in [0.15, 0.2) is 99.6 Å². The summed E-state index contributed by atoms with van der Waals surface area (Å²) in [6, 6.07) is 25.4. The summed E-state index contributed by atoms with van der Waals surface area (Å²) < 4.78 is 50.3. The van der Waals surface area contributed by atoms with E-state index in [9.17, 15) is 18.0 Å². The van der Waals surface area contributed by atoms with E-state index in [2.05, 4.69) is 41.7 Å². The zero-order valence-corrected chi connectivity index (χ0v) is 23.4. The van der Waals surface area contributed by atoms with Crippen LogP contribution in [0.4, 0.5) is 24.5 Å². The largest absolute Gasteiger partial charge is 0.481 e. The molecule has 0 saturated heterocycles. The Morgan fingerprint density at radius 2 is 1.30 bits per heavy atom. The first-order valence-corrected chi connectivity index (χ1v) is 14.0. The second-order valence-electron chi connectivity index (χ2n) is 10.2. The molecule has 0 spiro atoms. The molecule has 0 unspecified atom stereocenters. The zero-order valence-electron chi connectivity index (χ0n) is 22.6. The average molecular weight is 565 g/mol. The van der Waals surface area contributed by atoms with Crippen LogP contribution in [0, 0.1) is 13.8 Å². The minimum absolute atomic E-state index is 0.322. The van der Waals surface area contributed by atoms with Crippen LogP contribution in [0.5, 0.6) is 5.75 Å². The number of anilines is 2. The van der Waals surface area contributed by atoms with Crippen molar-refractivity contribution in [1.29, 1.82) is 0 Å². The van der Waals surface area contributed by atoms with Crippen molar-refractivity contribution in [1.82, 2.24) is 0 Å². The lowest BCUT2D eigenvalue weighted by atomic mass is 9.97. The molecule has 0 radical (unpaired) electrons. The van der Waals surface area contributed by atoms with Crippen LogP contribution in [0.25, 0.3) is 0 Å². The lowest BCUT2D eigenvalue weighted by Crippen LogP contribution is -2.29. The Bertz CT molecular complexity index is 1500. The molecule has 1 aliphatic heterocycles. The highest BCUT2D eigenvalue weighted by Crippen LogP contribution is 2.45. The number of rotatable bonds is 6. The van der Waals surface area contributed by atoms with Gasteiger partial charge in [-0.15, -0.1) is 0 Å². The highest BCUT2D eigenvalue weighted by molar-refractivity contribution is 7.97. The molecule has 4 aromatic carbocycles. The van der Waals surface area contributed by atoms with Crippen LogP contribution >= 0.6 is 0 Å². The van der Waals surface area contributed by atoms with Gasteiger partial charge >= 0.3 is 12.1 Å². The lowest BCUT2D eigenvalue weighted by Gasteiger charge is -2.26. The van der Waals surface area contributed by atoms with Crippen LogP contribution in [0.2, 0.25) is 0 Å². The van der Waals surface area contributed by atoms with Gasteiger partial charge in [-0.2, -0.15) is 13.2 Å². The van der Waals surface area contributed by atoms with Crippen molar-refractivity contribution in [2.75, 3.05) is 11.9 Å². The van der Waals surface area contributed by atoms with Crippen LogP contribution in [0.3, 0.4) is 0 Å². The smallest absolute Gasteiger partial charge is 0.416 e. The van der Waals surface area contributed by atoms with Gasteiger partial charge in [-0.3, -0.25) is 0 Å². The van der Waals surface area contributed by atoms with Gasteiger partial charge in [0, 0.05) is 12.1 Å². The predicted molar refractivity (Wildman–Crippen MR) is 150 cm³/mol. The van der Waals surface area contributed by atoms with E-state index in [0.29, 0.717) is 11.3 Å². The number of benzene rings is 4. The topological polar surface area (TPSA) is 47.6 Å². The molecule has 0 atom stereocenters. The van der Waals surface area contributed by atoms with E-state index >= 15 is 0 Å². The molecule has 0 amide bonds. The maximum Gasteiger partial charge on any atom is 0.416 e. The number of hydrogen-bond acceptors (Lipinski definition) is 4. The van der Waals surface area contributed by atoms with E-state index in [-0.39, 0.29) is 17.5 Å². The van der Waals surface area contributed by atoms with Crippen LogP contribution in [0.1, 0.15) is 36.1 Å². The molecule has 1 heterocycles. The Morgan fingerprint density at radius 3 is 1.82 bits per heavy atom. The van der Waals surface area contributed by atoms with Gasteiger partial charge in [-0.25, -0.2) is 4.79 Å². The van der Waals surface area contributed by atoms with Crippen molar-refractivity contribution in [3.8, 4) is 5.75 Å². The highest BCUT2D eigenvalue weighted by atomic mass is 32.2. The molecule has 0 saturated carbocycles. The van der Waals surface area contributed by atoms with E-state index in [1.807, 2.05) is 38.1 Å². The number of alkyl halides is 3. The summed E-state index contributed by atoms with van der Waals surface area (Å²) in [5.41, 5.74) is 2.52. The minimum Gasteiger partial charge on any atom is -0.481 e. The number of carbonyl (C=O) groups is 1. The van der Waals surface area contributed by atoms with Gasteiger partial charge in [-0.05, 0) is 80.8 Å². The van der Waals surface area contributed by atoms with Crippen molar-refractivity contribution >= 4 is 28.2 Å². The zero-order chi connectivity index (χ0) is 28.7. The van der Waals surface area contributed by atoms with Gasteiger partial charge in [0.25, 0.3) is 0 Å². The van der Waals surface area contributed by atoms with Crippen molar-refractivity contribution < 1.29 is 27.4 Å². The fourth-order valence-corrected chi connectivity index (χ4v) is 7.28. The summed E-state index contributed by atoms with van der Waals surface area (Å²) in [6.45, 7) is 6.84. The van der Waals surface area contributed by atoms with E-state index in [4.69, 9.17) is 9.47 Å². The third kappa shape index (κ3) is 5.54. The first-order valence-electron chi connectivity index (χ1n) is 12.8. The fourth-order valence-electron chi connectivity index (χ4n) is 4.83. The summed E-state index contributed by atoms with van der Waals surface area (Å²) in [5.74, 6) is -0.01000. The molecule has 5 rings (SSSR count). The van der Waals surface area contributed by atoms with Crippen molar-refractivity contribution in [2.24, 2.45) is 0 Å². The van der Waals surface area contributed by atoms with Crippen molar-refractivity contribution in [3.05, 3.63) is 107 Å². The number of halogens is 3. The Labute approximate surface area is 234 Å². The van der Waals surface area contributed by atoms with Gasteiger partial charge < -0.3 is 14.8 Å². The first-order chi connectivity index (χ1) is 18.9. The number of carbonyl (C=O) groups excluding carboxylic acids is 1. The number of nitrogens with one attached hydrogen (secondary N) is 1. The van der Waals surface area contributed by atoms with Gasteiger partial charge in [0.1, 0.15) is 22.2 Å². The molecule has 40 heavy (non-hydrogen) atoms. The normalized spacial score (nSPS) is 13.2. The third-order valence-corrected chi connectivity index (χ3v) is 9.06. The third-order valence-electron chi connectivity index (χ3n) is 6.76. The van der Waals surface area contributed by atoms with E-state index in [1.54, 1.807) is 13.8 Å². The molecule has 1 N–H and O–H groups in total. The molecule has 0 aliphatic carbocycles. The highest BCUT2D eigenvalue weighted by Gasteiger charge is 2.38. The van der Waals surface area contributed by atoms with Crippen molar-refractivity contribution in [2.45, 2.75) is 54.2 Å². The number of aryl methyl sites for hydroxylation is 2. The van der Waals surface area contributed by atoms with Crippen LogP contribution in [-0.2, 0) is 32.2 Å². The Kier molecular flexibility index (Phi) is 7.31. The second kappa shape index (κ2) is 10.6. The summed E-state index contributed by atoms with van der Waals surface area (Å²) in [5, 5.41) is 3.53. The Hall–Kier alpha value is -3.91. The van der Waals surface area contributed by atoms with Gasteiger partial charge in [0.05, 0.1) is 16.9 Å². The van der Waals surface area contributed by atoms with Gasteiger partial charge in [-0.1, -0.05) is 36.4 Å². The maximum atomic E-state index is 12.9. The standard InChI is InChI=1S/C32H29F3NO3S/c1-20-17-24(40-27-11-7-5-9-25(27)36-26-10-6-8-12-28(26)40)18-21(2)30(20)38-19-29(37)39-31(3,4)22-13-15-23(16-14-22)32(33,34)35/h5-18,36H,19H2,1-4H3/q+1. The first kappa shape index (κ1) is 27.6. The quantitative estimate of drug-likeness (QED) is 0.166. The molecule has 8 heteroatoms. The monoisotopic (exact) mass is 564 g/mol. The number of hydrogen-bond donors (Lipinski definition) is 1. The summed E-state index contributed by atoms with van der Waals surface area (Å²) in [4.78, 5) is 16.3. The summed E-state index contributed by atoms with van der Waals surface area (Å²) in [7, 11) is -0.322. The van der Waals surface area contributed by atoms with Crippen LogP contribution in [-0.4, -0.2) is 12.6 Å². The van der Waals surface area contributed by atoms with E-state index in [0.717, 1.165) is 39.5 Å². The number of fused-ring (bicyclic) bond motifs is 2. The molecular weight excluding hydrogens is 535 g/mol. The SMILES string of the molecule is Cc1cc([S+]2c3ccccc3Nc3ccccc32)cc(C)c1OCC(=O)OC(C)(C)c1ccc(C(F)(F)F)cc1. The average Bonchev–Trinajstić information content (AvgIpc) is 2.90. The summed E-state index contributed by atoms with van der Waals surface area (Å²) >= 11 is 0. The molecule has 206 valence electrons. The van der Waals surface area contributed by atoms with E-state index in [1.165, 1.54) is 21.9 Å². The molecular formula is C32H29F3NO3S+. The van der Waals surface area contributed by atoms with E-state index < -0.39 is 23.3 Å². The predicted octanol–water partition coefficient (Wildman–Crippen LogP) is 8.33. The van der Waals surface area contributed by atoms with Crippen LogP contribution < -0.4 is 10.1 Å². The lowest BCUT2D eigenvalue weighted by molar-refractivity contribution is -0.160. The maximum absolute atomic E-state index is 12.9. The summed E-state index contributed by atoms with van der Waals surface area (Å²) in [6.07, 6.45) is -4.43. The molecule has 0 bridgehead atoms. The minimum atomic E-state index is -4.43. The molecule has 1 aliphatic rings. The number of ether oxygens (including phenoxy) is 2. The molecule has 0 fully saturated rings. The number of para-hydroxylation sites is 2. The van der Waals surface area contributed by atoms with Gasteiger partial charge in [0.15, 0.2) is 21.3 Å². The Balaban J connectivity index is 1.33. The second-order valence-corrected chi connectivity index (χ2v) is 12.1. The van der Waals surface area contributed by atoms with Gasteiger partial charge in [0.2, 0.25) is 0 Å². The number of esters is 1.